The van der Waals surface area contributed by atoms with Crippen LogP contribution < -0.4 is 14.8 Å². The van der Waals surface area contributed by atoms with Gasteiger partial charge in [0.05, 0.1) is 24.5 Å². The molecule has 2 aliphatic rings. The van der Waals surface area contributed by atoms with E-state index in [9.17, 15) is 13.2 Å². The van der Waals surface area contributed by atoms with Gasteiger partial charge in [0.15, 0.2) is 4.90 Å². The predicted octanol–water partition coefficient (Wildman–Crippen LogP) is 0.982. The van der Waals surface area contributed by atoms with E-state index in [0.717, 1.165) is 30.5 Å². The summed E-state index contributed by atoms with van der Waals surface area (Å²) in [5.41, 5.74) is 1.92. The van der Waals surface area contributed by atoms with Gasteiger partial charge in [-0.2, -0.15) is 10.2 Å². The molecule has 11 nitrogen and oxygen atoms in total. The first-order valence-corrected chi connectivity index (χ1v) is 11.4. The van der Waals surface area contributed by atoms with Gasteiger partial charge in [-0.05, 0) is 47.2 Å². The van der Waals surface area contributed by atoms with Crippen LogP contribution >= 0.6 is 0 Å². The molecule has 12 heteroatoms. The Bertz CT molecular complexity index is 1070. The molecule has 2 aromatic rings. The molecule has 2 N–H and O–H groups in total. The van der Waals surface area contributed by atoms with E-state index in [2.05, 4.69) is 20.2 Å². The molecule has 0 bridgehead atoms. The number of carbonyl (C=O) groups excluding carboxylic acids is 1. The molecule has 1 aliphatic heterocycles. The molecule has 3 heterocycles. The quantitative estimate of drug-likeness (QED) is 0.715. The number of likely N-dealkylation sites (N-methyl/N-ethyl adjacent to an activating group) is 1. The Hall–Kier alpha value is -2.60. The van der Waals surface area contributed by atoms with Gasteiger partial charge in [-0.15, -0.1) is 0 Å². The summed E-state index contributed by atoms with van der Waals surface area (Å²) in [5, 5.41) is 11.4. The number of aryl methyl sites for hydroxylation is 1. The van der Waals surface area contributed by atoms with Crippen molar-refractivity contribution < 1.29 is 17.9 Å². The fraction of sp³-hybridized carbons (Fsp3) is 0.611. The molecule has 1 aliphatic carbocycles. The highest BCUT2D eigenvalue weighted by atomic mass is 32.2. The third-order valence-electron chi connectivity index (χ3n) is 5.46. The van der Waals surface area contributed by atoms with E-state index in [-0.39, 0.29) is 22.9 Å². The van der Waals surface area contributed by atoms with Crippen molar-refractivity contribution in [2.45, 2.75) is 56.6 Å². The van der Waals surface area contributed by atoms with E-state index in [1.165, 1.54) is 10.9 Å². The molecule has 0 unspecified atom stereocenters. The largest absolute Gasteiger partial charge is 0.475 e. The van der Waals surface area contributed by atoms with Gasteiger partial charge in [0, 0.05) is 11.6 Å². The van der Waals surface area contributed by atoms with E-state index < -0.39 is 16.1 Å². The molecule has 164 valence electrons. The number of fused-ring (bicyclic) bond motifs is 2. The van der Waals surface area contributed by atoms with Crippen molar-refractivity contribution in [1.29, 1.82) is 0 Å². The summed E-state index contributed by atoms with van der Waals surface area (Å²) in [6.07, 6.45) is 3.85. The number of anilines is 1. The van der Waals surface area contributed by atoms with Gasteiger partial charge in [0.1, 0.15) is 12.4 Å². The zero-order chi connectivity index (χ0) is 21.6. The lowest BCUT2D eigenvalue weighted by Gasteiger charge is -2.29. The number of amides is 2. The Balaban J connectivity index is 1.53. The summed E-state index contributed by atoms with van der Waals surface area (Å²) in [4.78, 5) is 14.4. The molecule has 1 atom stereocenters. The average molecular weight is 438 g/mol. The van der Waals surface area contributed by atoms with Crippen LogP contribution in [0.3, 0.4) is 0 Å². The minimum atomic E-state index is -4.16. The van der Waals surface area contributed by atoms with Gasteiger partial charge in [0.2, 0.25) is 5.88 Å². The molecule has 2 amide bonds. The lowest BCUT2D eigenvalue weighted by atomic mass is 10.2. The normalized spacial score (nSPS) is 18.3. The fourth-order valence-electron chi connectivity index (χ4n) is 3.78. The van der Waals surface area contributed by atoms with Gasteiger partial charge >= 0.3 is 6.03 Å². The second kappa shape index (κ2) is 7.58. The van der Waals surface area contributed by atoms with E-state index >= 15 is 0 Å². The van der Waals surface area contributed by atoms with Crippen LogP contribution in [0.4, 0.5) is 10.6 Å². The van der Waals surface area contributed by atoms with Crippen molar-refractivity contribution in [1.82, 2.24) is 29.2 Å². The molecular weight excluding hydrogens is 410 g/mol. The number of nitrogens with zero attached hydrogens (tertiary/aromatic N) is 5. The SMILES string of the molecule is CC(C)n1nc2c(c1NC(=O)NS(=O)(=O)c1cnn3c1OC[C@@H](N(C)C)C3)CCC2. The number of ether oxygens (including phenoxy) is 1. The van der Waals surface area contributed by atoms with E-state index in [0.29, 0.717) is 19.0 Å². The van der Waals surface area contributed by atoms with E-state index in [4.69, 9.17) is 4.74 Å². The van der Waals surface area contributed by atoms with Crippen LogP contribution in [0.5, 0.6) is 5.88 Å². The number of carbonyl (C=O) groups is 1. The van der Waals surface area contributed by atoms with Crippen LogP contribution in [0.25, 0.3) is 0 Å². The molecule has 0 saturated carbocycles. The zero-order valence-corrected chi connectivity index (χ0v) is 18.4. The topological polar surface area (TPSA) is 123 Å². The van der Waals surface area contributed by atoms with Gasteiger partial charge < -0.3 is 9.64 Å². The Morgan fingerprint density at radius 3 is 2.80 bits per heavy atom. The van der Waals surface area contributed by atoms with Crippen LogP contribution in [0.1, 0.15) is 37.6 Å². The molecule has 0 fully saturated rings. The van der Waals surface area contributed by atoms with Gasteiger partial charge in [-0.25, -0.2) is 27.3 Å². The van der Waals surface area contributed by atoms with Crippen LogP contribution in [-0.2, 0) is 29.4 Å². The van der Waals surface area contributed by atoms with Crippen LogP contribution in [0, 0.1) is 0 Å². The molecule has 30 heavy (non-hydrogen) atoms. The number of nitrogens with one attached hydrogen (secondary N) is 2. The summed E-state index contributed by atoms with van der Waals surface area (Å²) in [6.45, 7) is 4.76. The Labute approximate surface area is 175 Å². The Kier molecular flexibility index (Phi) is 5.22. The predicted molar refractivity (Wildman–Crippen MR) is 109 cm³/mol. The lowest BCUT2D eigenvalue weighted by molar-refractivity contribution is 0.117. The highest BCUT2D eigenvalue weighted by Gasteiger charge is 2.32. The number of hydrogen-bond acceptors (Lipinski definition) is 7. The van der Waals surface area contributed by atoms with Gasteiger partial charge in [0.25, 0.3) is 10.0 Å². The second-order valence-electron chi connectivity index (χ2n) is 8.15. The maximum absolute atomic E-state index is 12.8. The number of rotatable bonds is 5. The number of urea groups is 1. The third-order valence-corrected chi connectivity index (χ3v) is 6.77. The molecule has 0 spiro atoms. The maximum atomic E-state index is 12.8. The first kappa shape index (κ1) is 20.7. The molecule has 2 aromatic heterocycles. The third kappa shape index (κ3) is 3.65. The maximum Gasteiger partial charge on any atom is 0.334 e. The standard InChI is InChI=1S/C18H27N7O4S/c1-11(2)25-16(13-6-5-7-14(13)21-25)20-18(26)22-30(27,28)15-8-19-24-9-12(23(3)4)10-29-17(15)24/h8,11-12H,5-7,9-10H2,1-4H3,(H2,20,22,26)/t12-/m0/s1. The van der Waals surface area contributed by atoms with Crippen LogP contribution in [0.2, 0.25) is 0 Å². The van der Waals surface area contributed by atoms with Crippen molar-refractivity contribution in [3.05, 3.63) is 17.5 Å². The first-order chi connectivity index (χ1) is 14.2. The van der Waals surface area contributed by atoms with Gasteiger partial charge in [-0.1, -0.05) is 0 Å². The van der Waals surface area contributed by atoms with Crippen molar-refractivity contribution >= 4 is 21.9 Å². The molecule has 0 aromatic carbocycles. The lowest BCUT2D eigenvalue weighted by Crippen LogP contribution is -2.41. The van der Waals surface area contributed by atoms with E-state index in [1.807, 2.05) is 32.8 Å². The van der Waals surface area contributed by atoms with Crippen LogP contribution in [-0.4, -0.2) is 65.7 Å². The molecule has 0 saturated heterocycles. The summed E-state index contributed by atoms with van der Waals surface area (Å²) in [6, 6.07) is -0.723. The minimum Gasteiger partial charge on any atom is -0.475 e. The van der Waals surface area contributed by atoms with Crippen molar-refractivity contribution in [2.24, 2.45) is 0 Å². The smallest absolute Gasteiger partial charge is 0.334 e. The number of sulfonamides is 1. The molecule has 0 radical (unpaired) electrons. The van der Waals surface area contributed by atoms with Gasteiger partial charge in [-0.3, -0.25) is 5.32 Å². The summed E-state index contributed by atoms with van der Waals surface area (Å²) in [5.74, 6) is 0.689. The average Bonchev–Trinajstić information content (AvgIpc) is 3.35. The minimum absolute atomic E-state index is 0.0308. The number of hydrogen-bond donors (Lipinski definition) is 2. The zero-order valence-electron chi connectivity index (χ0n) is 17.5. The van der Waals surface area contributed by atoms with Crippen molar-refractivity contribution in [2.75, 3.05) is 26.0 Å². The highest BCUT2D eigenvalue weighted by molar-refractivity contribution is 7.90. The fourth-order valence-corrected chi connectivity index (χ4v) is 4.77. The summed E-state index contributed by atoms with van der Waals surface area (Å²) in [7, 11) is -0.317. The summed E-state index contributed by atoms with van der Waals surface area (Å²) >= 11 is 0. The molecule has 4 rings (SSSR count). The monoisotopic (exact) mass is 437 g/mol. The first-order valence-electron chi connectivity index (χ1n) is 9.96. The van der Waals surface area contributed by atoms with Crippen LogP contribution in [0.15, 0.2) is 11.1 Å². The second-order valence-corrected chi connectivity index (χ2v) is 9.80. The number of aromatic nitrogens is 4. The van der Waals surface area contributed by atoms with E-state index in [1.54, 1.807) is 4.68 Å². The Morgan fingerprint density at radius 1 is 1.33 bits per heavy atom. The molecular formula is C18H27N7O4S. The summed E-state index contributed by atoms with van der Waals surface area (Å²) < 4.78 is 36.6. The Morgan fingerprint density at radius 2 is 2.10 bits per heavy atom. The van der Waals surface area contributed by atoms with Crippen molar-refractivity contribution in [3.63, 3.8) is 0 Å². The van der Waals surface area contributed by atoms with Crippen molar-refractivity contribution in [3.8, 4) is 5.88 Å². The highest BCUT2D eigenvalue weighted by Crippen LogP contribution is 2.31.